The molecule has 1 amide bonds. The highest BCUT2D eigenvalue weighted by atomic mass is 19.1. The molecule has 104 valence electrons. The molecule has 0 unspecified atom stereocenters. The van der Waals surface area contributed by atoms with Crippen LogP contribution < -0.4 is 5.32 Å². The van der Waals surface area contributed by atoms with E-state index in [9.17, 15) is 9.18 Å². The highest BCUT2D eigenvalue weighted by Gasteiger charge is 2.21. The Labute approximate surface area is 114 Å². The molecule has 1 aromatic carbocycles. The van der Waals surface area contributed by atoms with E-state index in [2.05, 4.69) is 12.2 Å². The predicted octanol–water partition coefficient (Wildman–Crippen LogP) is 3.83. The summed E-state index contributed by atoms with van der Waals surface area (Å²) in [6.45, 7) is 3.92. The van der Waals surface area contributed by atoms with Gasteiger partial charge in [0.1, 0.15) is 5.82 Å². The molecule has 3 heteroatoms. The van der Waals surface area contributed by atoms with Crippen molar-refractivity contribution in [3.05, 3.63) is 35.1 Å². The van der Waals surface area contributed by atoms with E-state index in [1.807, 2.05) is 0 Å². The molecule has 0 saturated heterocycles. The smallest absolute Gasteiger partial charge is 0.251 e. The van der Waals surface area contributed by atoms with Crippen LogP contribution in [0.15, 0.2) is 18.2 Å². The molecule has 2 rings (SSSR count). The average Bonchev–Trinajstić information content (AvgIpc) is 2.42. The second-order valence-corrected chi connectivity index (χ2v) is 5.56. The number of rotatable bonds is 3. The second kappa shape index (κ2) is 6.18. The van der Waals surface area contributed by atoms with Crippen molar-refractivity contribution >= 4 is 5.91 Å². The van der Waals surface area contributed by atoms with Crippen LogP contribution in [0.1, 0.15) is 54.9 Å². The Kier molecular flexibility index (Phi) is 4.56. The Balaban J connectivity index is 1.92. The minimum absolute atomic E-state index is 0.154. The molecule has 19 heavy (non-hydrogen) atoms. The van der Waals surface area contributed by atoms with Crippen molar-refractivity contribution in [1.29, 1.82) is 0 Å². The Morgan fingerprint density at radius 2 is 2.00 bits per heavy atom. The summed E-state index contributed by atoms with van der Waals surface area (Å²) < 4.78 is 13.4. The van der Waals surface area contributed by atoms with Gasteiger partial charge in [-0.25, -0.2) is 4.39 Å². The van der Waals surface area contributed by atoms with Gasteiger partial charge in [-0.05, 0) is 56.2 Å². The molecule has 1 aliphatic rings. The molecule has 1 saturated carbocycles. The first-order valence-corrected chi connectivity index (χ1v) is 7.17. The summed E-state index contributed by atoms with van der Waals surface area (Å²) in [5, 5.41) is 3.02. The number of amides is 1. The minimum atomic E-state index is -0.317. The molecule has 1 aromatic rings. The first kappa shape index (κ1) is 14.0. The van der Waals surface area contributed by atoms with Gasteiger partial charge in [0, 0.05) is 11.6 Å². The van der Waals surface area contributed by atoms with Crippen LogP contribution in [-0.4, -0.2) is 11.9 Å². The van der Waals surface area contributed by atoms with Crippen LogP contribution in [0.3, 0.4) is 0 Å². The van der Waals surface area contributed by atoms with Crippen LogP contribution >= 0.6 is 0 Å². The summed E-state index contributed by atoms with van der Waals surface area (Å²) in [6, 6.07) is 4.91. The van der Waals surface area contributed by atoms with Crippen molar-refractivity contribution in [1.82, 2.24) is 5.32 Å². The molecule has 1 aliphatic carbocycles. The number of aryl methyl sites for hydroxylation is 1. The molecular weight excluding hydrogens is 241 g/mol. The third-order valence-corrected chi connectivity index (χ3v) is 4.19. The number of halogens is 1. The lowest BCUT2D eigenvalue weighted by atomic mass is 9.84. The van der Waals surface area contributed by atoms with E-state index in [1.54, 1.807) is 19.1 Å². The molecule has 1 N–H and O–H groups in total. The zero-order valence-corrected chi connectivity index (χ0v) is 11.7. The largest absolute Gasteiger partial charge is 0.349 e. The third kappa shape index (κ3) is 3.55. The van der Waals surface area contributed by atoms with Crippen molar-refractivity contribution in [2.45, 2.75) is 52.0 Å². The summed E-state index contributed by atoms with van der Waals surface area (Å²) in [7, 11) is 0. The van der Waals surface area contributed by atoms with Crippen molar-refractivity contribution < 1.29 is 9.18 Å². The number of hydrogen-bond acceptors (Lipinski definition) is 1. The molecule has 0 aromatic heterocycles. The second-order valence-electron chi connectivity index (χ2n) is 5.56. The molecule has 0 atom stereocenters. The van der Waals surface area contributed by atoms with Gasteiger partial charge >= 0.3 is 0 Å². The standard InChI is InChI=1S/C16H22FNO/c1-3-12-5-8-14(9-6-12)18-16(19)13-7-4-11(2)15(17)10-13/h4,7,10,12,14H,3,5-6,8-9H2,1-2H3,(H,18,19). The molecule has 2 nitrogen and oxygen atoms in total. The van der Waals surface area contributed by atoms with Crippen LogP contribution in [0.4, 0.5) is 4.39 Å². The Hall–Kier alpha value is -1.38. The van der Waals surface area contributed by atoms with Gasteiger partial charge in [-0.1, -0.05) is 19.4 Å². The fraction of sp³-hybridized carbons (Fsp3) is 0.562. The summed E-state index contributed by atoms with van der Waals surface area (Å²) in [4.78, 5) is 12.0. The van der Waals surface area contributed by atoms with Gasteiger partial charge in [0.2, 0.25) is 0 Å². The molecule has 0 bridgehead atoms. The van der Waals surface area contributed by atoms with E-state index in [1.165, 1.54) is 25.3 Å². The van der Waals surface area contributed by atoms with Gasteiger partial charge in [-0.15, -0.1) is 0 Å². The predicted molar refractivity (Wildman–Crippen MR) is 74.6 cm³/mol. The van der Waals surface area contributed by atoms with Crippen LogP contribution in [0, 0.1) is 18.7 Å². The van der Waals surface area contributed by atoms with E-state index >= 15 is 0 Å². The quantitative estimate of drug-likeness (QED) is 0.882. The Morgan fingerprint density at radius 1 is 1.32 bits per heavy atom. The zero-order valence-electron chi connectivity index (χ0n) is 11.7. The molecule has 0 radical (unpaired) electrons. The van der Waals surface area contributed by atoms with Crippen molar-refractivity contribution in [2.24, 2.45) is 5.92 Å². The number of carbonyl (C=O) groups is 1. The molecular formula is C16H22FNO. The van der Waals surface area contributed by atoms with Gasteiger partial charge in [0.25, 0.3) is 5.91 Å². The number of carbonyl (C=O) groups excluding carboxylic acids is 1. The molecule has 0 spiro atoms. The number of nitrogens with one attached hydrogen (secondary N) is 1. The Bertz CT molecular complexity index is 450. The lowest BCUT2D eigenvalue weighted by Gasteiger charge is -2.28. The highest BCUT2D eigenvalue weighted by molar-refractivity contribution is 5.94. The lowest BCUT2D eigenvalue weighted by molar-refractivity contribution is 0.0921. The van der Waals surface area contributed by atoms with Gasteiger partial charge in [-0.3, -0.25) is 4.79 Å². The molecule has 0 heterocycles. The maximum atomic E-state index is 13.4. The minimum Gasteiger partial charge on any atom is -0.349 e. The SMILES string of the molecule is CCC1CCC(NC(=O)c2ccc(C)c(F)c2)CC1. The van der Waals surface area contributed by atoms with E-state index in [-0.39, 0.29) is 17.8 Å². The van der Waals surface area contributed by atoms with Gasteiger partial charge in [0.05, 0.1) is 0 Å². The van der Waals surface area contributed by atoms with Crippen molar-refractivity contribution in [3.8, 4) is 0 Å². The summed E-state index contributed by atoms with van der Waals surface area (Å²) >= 11 is 0. The van der Waals surface area contributed by atoms with Crippen LogP contribution in [0.5, 0.6) is 0 Å². The monoisotopic (exact) mass is 263 g/mol. The maximum Gasteiger partial charge on any atom is 0.251 e. The van der Waals surface area contributed by atoms with Crippen LogP contribution in [0.25, 0.3) is 0 Å². The van der Waals surface area contributed by atoms with Gasteiger partial charge < -0.3 is 5.32 Å². The van der Waals surface area contributed by atoms with Crippen LogP contribution in [-0.2, 0) is 0 Å². The summed E-state index contributed by atoms with van der Waals surface area (Å²) in [6.07, 6.45) is 5.68. The Morgan fingerprint density at radius 3 is 2.58 bits per heavy atom. The van der Waals surface area contributed by atoms with E-state index < -0.39 is 0 Å². The first-order chi connectivity index (χ1) is 9.10. The average molecular weight is 263 g/mol. The summed E-state index contributed by atoms with van der Waals surface area (Å²) in [5.74, 6) is 0.339. The number of benzene rings is 1. The lowest BCUT2D eigenvalue weighted by Crippen LogP contribution is -2.37. The fourth-order valence-corrected chi connectivity index (χ4v) is 2.72. The third-order valence-electron chi connectivity index (χ3n) is 4.19. The fourth-order valence-electron chi connectivity index (χ4n) is 2.72. The summed E-state index contributed by atoms with van der Waals surface area (Å²) in [5.41, 5.74) is 0.987. The zero-order chi connectivity index (χ0) is 13.8. The maximum absolute atomic E-state index is 13.4. The van der Waals surface area contributed by atoms with E-state index in [0.29, 0.717) is 11.1 Å². The normalized spacial score (nSPS) is 23.1. The molecule has 0 aliphatic heterocycles. The van der Waals surface area contributed by atoms with Gasteiger partial charge in [-0.2, -0.15) is 0 Å². The van der Waals surface area contributed by atoms with E-state index in [0.717, 1.165) is 18.8 Å². The van der Waals surface area contributed by atoms with Crippen molar-refractivity contribution in [2.75, 3.05) is 0 Å². The van der Waals surface area contributed by atoms with Crippen LogP contribution in [0.2, 0.25) is 0 Å². The van der Waals surface area contributed by atoms with Gasteiger partial charge in [0.15, 0.2) is 0 Å². The van der Waals surface area contributed by atoms with Crippen molar-refractivity contribution in [3.63, 3.8) is 0 Å². The topological polar surface area (TPSA) is 29.1 Å². The number of hydrogen-bond donors (Lipinski definition) is 1. The first-order valence-electron chi connectivity index (χ1n) is 7.17. The molecule has 1 fully saturated rings. The highest BCUT2D eigenvalue weighted by Crippen LogP contribution is 2.26. The van der Waals surface area contributed by atoms with E-state index in [4.69, 9.17) is 0 Å².